The van der Waals surface area contributed by atoms with Gasteiger partial charge in [-0.3, -0.25) is 9.79 Å². The van der Waals surface area contributed by atoms with Crippen LogP contribution < -0.4 is 14.8 Å². The van der Waals surface area contributed by atoms with E-state index in [1.54, 1.807) is 38.5 Å². The second-order valence-electron chi connectivity index (χ2n) is 5.63. The van der Waals surface area contributed by atoms with Gasteiger partial charge in [0.25, 0.3) is 5.91 Å². The highest BCUT2D eigenvalue weighted by Crippen LogP contribution is 2.27. The number of rotatable bonds is 9. The molecule has 0 spiro atoms. The summed E-state index contributed by atoms with van der Waals surface area (Å²) in [5.74, 6) is 1.06. The molecular formula is C20H23ClN2O4. The molecule has 6 nitrogen and oxygen atoms in total. The highest BCUT2D eigenvalue weighted by Gasteiger charge is 2.14. The molecule has 1 amide bonds. The number of methoxy groups -OCH3 is 3. The van der Waals surface area contributed by atoms with Gasteiger partial charge in [0.1, 0.15) is 12.4 Å². The van der Waals surface area contributed by atoms with Gasteiger partial charge in [-0.15, -0.1) is 0 Å². The summed E-state index contributed by atoms with van der Waals surface area (Å²) in [7, 11) is 4.71. The summed E-state index contributed by atoms with van der Waals surface area (Å²) < 4.78 is 15.5. The summed E-state index contributed by atoms with van der Waals surface area (Å²) in [5, 5.41) is 3.49. The van der Waals surface area contributed by atoms with Crippen molar-refractivity contribution in [2.24, 2.45) is 4.99 Å². The van der Waals surface area contributed by atoms with E-state index in [4.69, 9.17) is 25.8 Å². The molecule has 0 aromatic heterocycles. The van der Waals surface area contributed by atoms with Crippen LogP contribution in [0, 0.1) is 0 Å². The number of hydrogen-bond donors (Lipinski definition) is 1. The van der Waals surface area contributed by atoms with Crippen molar-refractivity contribution in [3.8, 4) is 11.5 Å². The van der Waals surface area contributed by atoms with Gasteiger partial charge in [0.15, 0.2) is 11.5 Å². The third kappa shape index (κ3) is 5.98. The molecule has 0 aliphatic heterocycles. The first-order valence-corrected chi connectivity index (χ1v) is 8.75. The normalized spacial score (nSPS) is 11.2. The summed E-state index contributed by atoms with van der Waals surface area (Å²) in [6, 6.07) is 12.6. The zero-order valence-corrected chi connectivity index (χ0v) is 16.4. The highest BCUT2D eigenvalue weighted by molar-refractivity contribution is 6.45. The van der Waals surface area contributed by atoms with Gasteiger partial charge >= 0.3 is 0 Å². The van der Waals surface area contributed by atoms with E-state index >= 15 is 0 Å². The van der Waals surface area contributed by atoms with E-state index in [0.29, 0.717) is 40.8 Å². The summed E-state index contributed by atoms with van der Waals surface area (Å²) in [5.41, 5.74) is 2.01. The second-order valence-corrected chi connectivity index (χ2v) is 6.06. The van der Waals surface area contributed by atoms with E-state index in [0.717, 1.165) is 5.56 Å². The third-order valence-corrected chi connectivity index (χ3v) is 4.08. The monoisotopic (exact) mass is 390 g/mol. The van der Waals surface area contributed by atoms with E-state index in [-0.39, 0.29) is 12.6 Å². The molecule has 0 aliphatic rings. The first kappa shape index (κ1) is 20.7. The Bertz CT molecular complexity index is 791. The van der Waals surface area contributed by atoms with Crippen LogP contribution in [0.1, 0.15) is 11.1 Å². The highest BCUT2D eigenvalue weighted by atomic mass is 35.5. The van der Waals surface area contributed by atoms with E-state index < -0.39 is 0 Å². The van der Waals surface area contributed by atoms with Crippen LogP contribution in [0.25, 0.3) is 0 Å². The zero-order valence-electron chi connectivity index (χ0n) is 15.6. The molecule has 2 aromatic rings. The fourth-order valence-electron chi connectivity index (χ4n) is 2.47. The number of nitrogens with zero attached hydrogens (tertiary/aromatic N) is 1. The maximum atomic E-state index is 12.6. The molecule has 0 saturated heterocycles. The summed E-state index contributed by atoms with van der Waals surface area (Å²) >= 11 is 5.91. The van der Waals surface area contributed by atoms with Crippen molar-refractivity contribution >= 4 is 23.2 Å². The summed E-state index contributed by atoms with van der Waals surface area (Å²) in [6.07, 6.45) is 0.643. The Hall–Kier alpha value is -2.57. The molecule has 7 heteroatoms. The number of benzene rings is 2. The van der Waals surface area contributed by atoms with Crippen LogP contribution in [0.15, 0.2) is 47.5 Å². The molecule has 0 saturated carbocycles. The van der Waals surface area contributed by atoms with Crippen LogP contribution >= 0.6 is 11.6 Å². The van der Waals surface area contributed by atoms with E-state index in [1.807, 2.05) is 18.2 Å². The van der Waals surface area contributed by atoms with Crippen molar-refractivity contribution in [1.82, 2.24) is 5.32 Å². The molecule has 0 radical (unpaired) electrons. The second kappa shape index (κ2) is 10.5. The maximum absolute atomic E-state index is 12.6. The molecule has 2 rings (SSSR count). The molecular weight excluding hydrogens is 368 g/mol. The lowest BCUT2D eigenvalue weighted by molar-refractivity contribution is -0.114. The van der Waals surface area contributed by atoms with Crippen molar-refractivity contribution in [3.63, 3.8) is 0 Å². The number of carbonyl (C=O) groups is 1. The van der Waals surface area contributed by atoms with Crippen LogP contribution in [0.3, 0.4) is 0 Å². The minimum atomic E-state index is -0.269. The van der Waals surface area contributed by atoms with Gasteiger partial charge in [-0.1, -0.05) is 29.8 Å². The Morgan fingerprint density at radius 3 is 2.37 bits per heavy atom. The standard InChI is InChI=1S/C20H23ClN2O4/c1-25-13-23-19(15-5-7-16(21)8-6-15)20(24)22-11-10-14-4-9-17(26-2)18(12-14)27-3/h4-9,12H,10-11,13H2,1-3H3,(H,22,24). The number of halogens is 1. The Balaban J connectivity index is 2.02. The van der Waals surface area contributed by atoms with Crippen molar-refractivity contribution in [2.45, 2.75) is 6.42 Å². The Morgan fingerprint density at radius 1 is 1.04 bits per heavy atom. The van der Waals surface area contributed by atoms with Crippen molar-refractivity contribution in [3.05, 3.63) is 58.6 Å². The van der Waals surface area contributed by atoms with Gasteiger partial charge in [0.2, 0.25) is 0 Å². The predicted octanol–water partition coefficient (Wildman–Crippen LogP) is 3.11. The number of ether oxygens (including phenoxy) is 3. The van der Waals surface area contributed by atoms with Crippen LogP contribution in [0.4, 0.5) is 0 Å². The van der Waals surface area contributed by atoms with Gasteiger partial charge in [-0.25, -0.2) is 0 Å². The molecule has 27 heavy (non-hydrogen) atoms. The van der Waals surface area contributed by atoms with Gasteiger partial charge in [0.05, 0.1) is 14.2 Å². The average molecular weight is 391 g/mol. The van der Waals surface area contributed by atoms with E-state index in [1.165, 1.54) is 7.11 Å². The largest absolute Gasteiger partial charge is 0.493 e. The quantitative estimate of drug-likeness (QED) is 0.668. The number of amides is 1. The molecule has 0 bridgehead atoms. The van der Waals surface area contributed by atoms with Crippen molar-refractivity contribution in [2.75, 3.05) is 34.6 Å². The van der Waals surface area contributed by atoms with Gasteiger partial charge in [-0.05, 0) is 36.2 Å². The Kier molecular flexibility index (Phi) is 8.10. The Labute approximate surface area is 164 Å². The van der Waals surface area contributed by atoms with Gasteiger partial charge < -0.3 is 19.5 Å². The number of carbonyl (C=O) groups excluding carboxylic acids is 1. The fourth-order valence-corrected chi connectivity index (χ4v) is 2.60. The lowest BCUT2D eigenvalue weighted by atomic mass is 10.1. The van der Waals surface area contributed by atoms with Crippen LogP contribution in [-0.2, 0) is 16.0 Å². The molecule has 0 atom stereocenters. The van der Waals surface area contributed by atoms with Crippen LogP contribution in [0.5, 0.6) is 11.5 Å². The minimum Gasteiger partial charge on any atom is -0.493 e. The SMILES string of the molecule is COCN=C(C(=O)NCCc1ccc(OC)c(OC)c1)c1ccc(Cl)cc1. The van der Waals surface area contributed by atoms with Crippen LogP contribution in [0.2, 0.25) is 5.02 Å². The minimum absolute atomic E-state index is 0.0983. The lowest BCUT2D eigenvalue weighted by Gasteiger charge is -2.11. The number of hydrogen-bond acceptors (Lipinski definition) is 5. The van der Waals surface area contributed by atoms with Gasteiger partial charge in [0, 0.05) is 24.2 Å². The topological polar surface area (TPSA) is 69.2 Å². The fraction of sp³-hybridized carbons (Fsp3) is 0.300. The summed E-state index contributed by atoms with van der Waals surface area (Å²) in [6.45, 7) is 0.551. The first-order valence-electron chi connectivity index (χ1n) is 8.37. The third-order valence-electron chi connectivity index (χ3n) is 3.83. The summed E-state index contributed by atoms with van der Waals surface area (Å²) in [4.78, 5) is 16.8. The predicted molar refractivity (Wildman–Crippen MR) is 106 cm³/mol. The van der Waals surface area contributed by atoms with Crippen molar-refractivity contribution < 1.29 is 19.0 Å². The van der Waals surface area contributed by atoms with Gasteiger partial charge in [-0.2, -0.15) is 0 Å². The van der Waals surface area contributed by atoms with Crippen molar-refractivity contribution in [1.29, 1.82) is 0 Å². The maximum Gasteiger partial charge on any atom is 0.270 e. The van der Waals surface area contributed by atoms with E-state index in [9.17, 15) is 4.79 Å². The average Bonchev–Trinajstić information content (AvgIpc) is 2.69. The lowest BCUT2D eigenvalue weighted by Crippen LogP contribution is -2.33. The van der Waals surface area contributed by atoms with Crippen LogP contribution in [-0.4, -0.2) is 46.2 Å². The first-order chi connectivity index (χ1) is 13.1. The molecule has 0 heterocycles. The number of nitrogens with one attached hydrogen (secondary N) is 1. The molecule has 0 aliphatic carbocycles. The molecule has 1 N–H and O–H groups in total. The molecule has 144 valence electrons. The Morgan fingerprint density at radius 2 is 1.74 bits per heavy atom. The molecule has 2 aromatic carbocycles. The molecule has 0 fully saturated rings. The molecule has 0 unspecified atom stereocenters. The number of aliphatic imine (C=N–C) groups is 1. The smallest absolute Gasteiger partial charge is 0.270 e. The van der Waals surface area contributed by atoms with E-state index in [2.05, 4.69) is 10.3 Å². The zero-order chi connectivity index (χ0) is 19.6.